The van der Waals surface area contributed by atoms with Crippen LogP contribution in [0.5, 0.6) is 0 Å². The number of aryl methyl sites for hydroxylation is 1. The Morgan fingerprint density at radius 1 is 0.800 bits per heavy atom. The summed E-state index contributed by atoms with van der Waals surface area (Å²) in [6.45, 7) is 7.07. The lowest BCUT2D eigenvalue weighted by Crippen LogP contribution is -2.15. The minimum Gasteiger partial charge on any atom is -0.261 e. The molecule has 1 heterocycles. The first kappa shape index (κ1) is 25.4. The molecule has 0 saturated heterocycles. The maximum atomic E-state index is 4.88. The van der Waals surface area contributed by atoms with Crippen LogP contribution in [-0.2, 0) is 6.42 Å². The SMILES string of the molecule is CCCCCCCCCc1ccc([C@H]2CC[C@H](CC[C@@H](C)CCCCC)CC2)nc1. The van der Waals surface area contributed by atoms with Crippen LogP contribution in [0.4, 0.5) is 0 Å². The number of unbranched alkanes of at least 4 members (excludes halogenated alkanes) is 8. The monoisotopic (exact) mass is 413 g/mol. The van der Waals surface area contributed by atoms with Crippen molar-refractivity contribution in [3.8, 4) is 0 Å². The van der Waals surface area contributed by atoms with Crippen molar-refractivity contribution < 1.29 is 0 Å². The number of hydrogen-bond donors (Lipinski definition) is 0. The molecule has 1 aromatic rings. The molecule has 1 fully saturated rings. The fourth-order valence-corrected chi connectivity index (χ4v) is 5.27. The average Bonchev–Trinajstić information content (AvgIpc) is 2.78. The van der Waals surface area contributed by atoms with Crippen molar-refractivity contribution >= 4 is 0 Å². The summed E-state index contributed by atoms with van der Waals surface area (Å²) in [5.74, 6) is 2.63. The smallest absolute Gasteiger partial charge is 0.0434 e. The van der Waals surface area contributed by atoms with Crippen molar-refractivity contribution in [1.29, 1.82) is 0 Å². The zero-order valence-electron chi connectivity index (χ0n) is 20.6. The minimum atomic E-state index is 0.718. The predicted octanol–water partition coefficient (Wildman–Crippen LogP) is 9.65. The van der Waals surface area contributed by atoms with E-state index in [9.17, 15) is 0 Å². The van der Waals surface area contributed by atoms with Crippen LogP contribution in [0.1, 0.15) is 147 Å². The zero-order chi connectivity index (χ0) is 21.4. The molecule has 1 saturated carbocycles. The fraction of sp³-hybridized carbons (Fsp3) is 0.828. The average molecular weight is 414 g/mol. The van der Waals surface area contributed by atoms with E-state index < -0.39 is 0 Å². The summed E-state index contributed by atoms with van der Waals surface area (Å²) in [7, 11) is 0. The molecule has 1 aromatic heterocycles. The molecular weight excluding hydrogens is 362 g/mol. The fourth-order valence-electron chi connectivity index (χ4n) is 5.27. The Balaban J connectivity index is 1.59. The van der Waals surface area contributed by atoms with Gasteiger partial charge in [0.25, 0.3) is 0 Å². The van der Waals surface area contributed by atoms with Gasteiger partial charge in [0.15, 0.2) is 0 Å². The van der Waals surface area contributed by atoms with Gasteiger partial charge in [-0.2, -0.15) is 0 Å². The number of pyridine rings is 1. The van der Waals surface area contributed by atoms with Gasteiger partial charge in [0.1, 0.15) is 0 Å². The van der Waals surface area contributed by atoms with Gasteiger partial charge in [-0.05, 0) is 62.0 Å². The van der Waals surface area contributed by atoms with E-state index in [0.717, 1.165) is 17.8 Å². The van der Waals surface area contributed by atoms with E-state index in [1.54, 1.807) is 0 Å². The highest BCUT2D eigenvalue weighted by Crippen LogP contribution is 2.37. The van der Waals surface area contributed by atoms with Crippen molar-refractivity contribution in [3.05, 3.63) is 29.6 Å². The molecule has 0 aromatic carbocycles. The second-order valence-corrected chi connectivity index (χ2v) is 10.4. The molecule has 0 N–H and O–H groups in total. The van der Waals surface area contributed by atoms with Crippen LogP contribution in [0.3, 0.4) is 0 Å². The van der Waals surface area contributed by atoms with Gasteiger partial charge in [-0.25, -0.2) is 0 Å². The van der Waals surface area contributed by atoms with E-state index in [-0.39, 0.29) is 0 Å². The summed E-state index contributed by atoms with van der Waals surface area (Å²) in [6, 6.07) is 4.71. The Bertz CT molecular complexity index is 512. The van der Waals surface area contributed by atoms with Crippen LogP contribution in [0.15, 0.2) is 18.3 Å². The summed E-state index contributed by atoms with van der Waals surface area (Å²) in [6.07, 6.45) is 27.2. The van der Waals surface area contributed by atoms with Gasteiger partial charge in [0, 0.05) is 17.8 Å². The molecular formula is C29H51N. The number of aromatic nitrogens is 1. The molecule has 0 spiro atoms. The van der Waals surface area contributed by atoms with E-state index in [4.69, 9.17) is 4.98 Å². The molecule has 172 valence electrons. The molecule has 1 atom stereocenters. The Kier molecular flexibility index (Phi) is 13.4. The third-order valence-corrected chi connectivity index (χ3v) is 7.55. The van der Waals surface area contributed by atoms with Gasteiger partial charge >= 0.3 is 0 Å². The number of nitrogens with zero attached hydrogens (tertiary/aromatic N) is 1. The molecule has 0 amide bonds. The maximum absolute atomic E-state index is 4.88. The van der Waals surface area contributed by atoms with E-state index in [1.807, 2.05) is 0 Å². The second kappa shape index (κ2) is 15.9. The maximum Gasteiger partial charge on any atom is 0.0434 e. The predicted molar refractivity (Wildman–Crippen MR) is 133 cm³/mol. The standard InChI is InChI=1S/C29H51N/c1-4-6-8-9-10-11-13-15-27-20-23-29(30-24-27)28-21-18-26(19-22-28)17-16-25(3)14-12-7-5-2/h20,23-26,28H,4-19,21-22H2,1-3H3/t25-,26-,28-/m0/s1. The third-order valence-electron chi connectivity index (χ3n) is 7.55. The van der Waals surface area contributed by atoms with Gasteiger partial charge in [-0.1, -0.05) is 104 Å². The highest BCUT2D eigenvalue weighted by molar-refractivity contribution is 5.17. The van der Waals surface area contributed by atoms with Crippen molar-refractivity contribution in [3.63, 3.8) is 0 Å². The quantitative estimate of drug-likeness (QED) is 0.246. The molecule has 1 aliphatic carbocycles. The van der Waals surface area contributed by atoms with Crippen LogP contribution in [0.2, 0.25) is 0 Å². The Labute approximate surface area is 188 Å². The summed E-state index contributed by atoms with van der Waals surface area (Å²) in [5.41, 5.74) is 2.81. The second-order valence-electron chi connectivity index (χ2n) is 10.4. The van der Waals surface area contributed by atoms with Crippen LogP contribution in [-0.4, -0.2) is 4.98 Å². The first-order chi connectivity index (χ1) is 14.7. The van der Waals surface area contributed by atoms with Crippen LogP contribution in [0.25, 0.3) is 0 Å². The Hall–Kier alpha value is -0.850. The van der Waals surface area contributed by atoms with Gasteiger partial charge in [-0.3, -0.25) is 4.98 Å². The molecule has 2 rings (SSSR count). The molecule has 0 bridgehead atoms. The van der Waals surface area contributed by atoms with Gasteiger partial charge in [-0.15, -0.1) is 0 Å². The summed E-state index contributed by atoms with van der Waals surface area (Å²) < 4.78 is 0. The molecule has 0 radical (unpaired) electrons. The lowest BCUT2D eigenvalue weighted by atomic mass is 9.77. The van der Waals surface area contributed by atoms with E-state index in [2.05, 4.69) is 39.1 Å². The molecule has 30 heavy (non-hydrogen) atoms. The Morgan fingerprint density at radius 3 is 2.13 bits per heavy atom. The molecule has 1 nitrogen and oxygen atoms in total. The van der Waals surface area contributed by atoms with Gasteiger partial charge in [0.2, 0.25) is 0 Å². The van der Waals surface area contributed by atoms with Crippen LogP contribution >= 0.6 is 0 Å². The summed E-state index contributed by atoms with van der Waals surface area (Å²) >= 11 is 0. The van der Waals surface area contributed by atoms with Crippen LogP contribution < -0.4 is 0 Å². The molecule has 1 heteroatoms. The van der Waals surface area contributed by atoms with E-state index >= 15 is 0 Å². The lowest BCUT2D eigenvalue weighted by molar-refractivity contribution is 0.283. The van der Waals surface area contributed by atoms with Crippen LogP contribution in [0, 0.1) is 11.8 Å². The van der Waals surface area contributed by atoms with Gasteiger partial charge < -0.3 is 0 Å². The Morgan fingerprint density at radius 2 is 1.47 bits per heavy atom. The normalized spacial score (nSPS) is 20.4. The summed E-state index contributed by atoms with van der Waals surface area (Å²) in [5, 5.41) is 0. The topological polar surface area (TPSA) is 12.9 Å². The lowest BCUT2D eigenvalue weighted by Gasteiger charge is -2.29. The first-order valence-corrected chi connectivity index (χ1v) is 13.7. The van der Waals surface area contributed by atoms with Gasteiger partial charge in [0.05, 0.1) is 0 Å². The number of rotatable bonds is 16. The molecule has 0 aliphatic heterocycles. The van der Waals surface area contributed by atoms with Crippen molar-refractivity contribution in [2.75, 3.05) is 0 Å². The minimum absolute atomic E-state index is 0.718. The number of hydrogen-bond acceptors (Lipinski definition) is 1. The molecule has 1 aliphatic rings. The highest BCUT2D eigenvalue weighted by Gasteiger charge is 2.23. The van der Waals surface area contributed by atoms with Crippen molar-refractivity contribution in [1.82, 2.24) is 4.98 Å². The van der Waals surface area contributed by atoms with Crippen molar-refractivity contribution in [2.24, 2.45) is 11.8 Å². The van der Waals surface area contributed by atoms with E-state index in [1.165, 1.54) is 127 Å². The third kappa shape index (κ3) is 10.5. The largest absolute Gasteiger partial charge is 0.261 e. The summed E-state index contributed by atoms with van der Waals surface area (Å²) in [4.78, 5) is 4.88. The highest BCUT2D eigenvalue weighted by atomic mass is 14.7. The molecule has 0 unspecified atom stereocenters. The van der Waals surface area contributed by atoms with Crippen molar-refractivity contribution in [2.45, 2.75) is 142 Å². The first-order valence-electron chi connectivity index (χ1n) is 13.7. The van der Waals surface area contributed by atoms with E-state index in [0.29, 0.717) is 0 Å². The zero-order valence-corrected chi connectivity index (χ0v) is 20.6.